The molecular formula is C14H22N2O3S. The van der Waals surface area contributed by atoms with E-state index >= 15 is 0 Å². The molecule has 112 valence electrons. The number of aliphatic hydroxyl groups excluding tert-OH is 1. The minimum absolute atomic E-state index is 0.0315. The zero-order chi connectivity index (χ0) is 14.9. The van der Waals surface area contributed by atoms with Crippen molar-refractivity contribution in [2.45, 2.75) is 45.8 Å². The summed E-state index contributed by atoms with van der Waals surface area (Å²) >= 11 is 1.61. The van der Waals surface area contributed by atoms with Gasteiger partial charge >= 0.3 is 6.09 Å². The molecule has 0 spiro atoms. The summed E-state index contributed by atoms with van der Waals surface area (Å²) in [4.78, 5) is 18.0. The number of rotatable bonds is 2. The Bertz CT molecular complexity index is 481. The van der Waals surface area contributed by atoms with Crippen molar-refractivity contribution in [3.05, 3.63) is 16.1 Å². The van der Waals surface area contributed by atoms with E-state index in [1.54, 1.807) is 16.2 Å². The quantitative estimate of drug-likeness (QED) is 0.909. The molecule has 0 saturated carbocycles. The van der Waals surface area contributed by atoms with Gasteiger partial charge in [-0.1, -0.05) is 0 Å². The van der Waals surface area contributed by atoms with Crippen LogP contribution >= 0.6 is 11.3 Å². The van der Waals surface area contributed by atoms with Gasteiger partial charge in [-0.25, -0.2) is 9.78 Å². The molecule has 0 radical (unpaired) electrons. The molecule has 2 rings (SSSR count). The van der Waals surface area contributed by atoms with Gasteiger partial charge in [0.2, 0.25) is 0 Å². The van der Waals surface area contributed by atoms with Crippen LogP contribution in [0.5, 0.6) is 0 Å². The molecule has 2 heterocycles. The zero-order valence-corrected chi connectivity index (χ0v) is 13.2. The van der Waals surface area contributed by atoms with Gasteiger partial charge in [0, 0.05) is 17.8 Å². The van der Waals surface area contributed by atoms with E-state index in [9.17, 15) is 9.90 Å². The second kappa shape index (κ2) is 5.69. The molecule has 1 aliphatic heterocycles. The third-order valence-corrected chi connectivity index (χ3v) is 4.02. The molecule has 0 aromatic carbocycles. The van der Waals surface area contributed by atoms with E-state index < -0.39 is 11.7 Å². The number of likely N-dealkylation sites (tertiary alicyclic amines) is 1. The summed E-state index contributed by atoms with van der Waals surface area (Å²) in [5, 5.41) is 13.1. The van der Waals surface area contributed by atoms with Crippen LogP contribution in [0.15, 0.2) is 5.38 Å². The molecule has 1 fully saturated rings. The van der Waals surface area contributed by atoms with Gasteiger partial charge in [-0.3, -0.25) is 0 Å². The molecule has 1 N–H and O–H groups in total. The topological polar surface area (TPSA) is 62.7 Å². The fourth-order valence-electron chi connectivity index (χ4n) is 2.30. The highest BCUT2D eigenvalue weighted by molar-refractivity contribution is 7.09. The van der Waals surface area contributed by atoms with Gasteiger partial charge in [-0.2, -0.15) is 0 Å². The number of amides is 1. The van der Waals surface area contributed by atoms with E-state index in [0.717, 1.165) is 10.7 Å². The highest BCUT2D eigenvalue weighted by Crippen LogP contribution is 2.24. The molecule has 2 atom stereocenters. The maximum absolute atomic E-state index is 12.0. The van der Waals surface area contributed by atoms with E-state index in [1.165, 1.54) is 0 Å². The van der Waals surface area contributed by atoms with Crippen molar-refractivity contribution < 1.29 is 14.6 Å². The summed E-state index contributed by atoms with van der Waals surface area (Å²) in [5.74, 6) is 0.0315. The molecule has 0 aliphatic carbocycles. The van der Waals surface area contributed by atoms with Gasteiger partial charge < -0.3 is 14.7 Å². The molecule has 1 amide bonds. The van der Waals surface area contributed by atoms with Crippen LogP contribution in [0.4, 0.5) is 4.79 Å². The number of carbonyl (C=O) groups is 1. The fraction of sp³-hybridized carbons (Fsp3) is 0.714. The van der Waals surface area contributed by atoms with Crippen LogP contribution in [-0.2, 0) is 11.2 Å². The largest absolute Gasteiger partial charge is 0.444 e. The van der Waals surface area contributed by atoms with Crippen LogP contribution in [0.25, 0.3) is 0 Å². The predicted molar refractivity (Wildman–Crippen MR) is 77.9 cm³/mol. The Balaban J connectivity index is 1.93. The minimum atomic E-state index is -0.510. The van der Waals surface area contributed by atoms with E-state index in [0.29, 0.717) is 19.5 Å². The summed E-state index contributed by atoms with van der Waals surface area (Å²) in [7, 11) is 0. The SMILES string of the molecule is Cc1nc(CC2CN(C(=O)OC(C)(C)C)CC2O)cs1. The lowest BCUT2D eigenvalue weighted by atomic mass is 10.0. The number of carbonyl (C=O) groups excluding carboxylic acids is 1. The Morgan fingerprint density at radius 2 is 2.25 bits per heavy atom. The number of β-amino-alcohol motifs (C(OH)–C–C–N with tert-alkyl or cyclic N) is 1. The van der Waals surface area contributed by atoms with Crippen molar-refractivity contribution in [3.63, 3.8) is 0 Å². The first-order valence-corrected chi connectivity index (χ1v) is 7.69. The van der Waals surface area contributed by atoms with Crippen LogP contribution in [-0.4, -0.2) is 45.9 Å². The Labute approximate surface area is 123 Å². The van der Waals surface area contributed by atoms with Gasteiger partial charge in [-0.05, 0) is 34.1 Å². The minimum Gasteiger partial charge on any atom is -0.444 e. The molecule has 0 bridgehead atoms. The number of aromatic nitrogens is 1. The zero-order valence-electron chi connectivity index (χ0n) is 12.4. The summed E-state index contributed by atoms with van der Waals surface area (Å²) in [6.07, 6.45) is -0.164. The lowest BCUT2D eigenvalue weighted by molar-refractivity contribution is 0.0269. The summed E-state index contributed by atoms with van der Waals surface area (Å²) in [6, 6.07) is 0. The second-order valence-corrected chi connectivity index (χ2v) is 7.34. The predicted octanol–water partition coefficient (Wildman–Crippen LogP) is 2.22. The van der Waals surface area contributed by atoms with Crippen molar-refractivity contribution >= 4 is 17.4 Å². The number of aliphatic hydroxyl groups is 1. The first-order chi connectivity index (χ1) is 9.24. The Morgan fingerprint density at radius 1 is 1.55 bits per heavy atom. The third kappa shape index (κ3) is 3.93. The lowest BCUT2D eigenvalue weighted by Gasteiger charge is -2.24. The fourth-order valence-corrected chi connectivity index (χ4v) is 2.93. The van der Waals surface area contributed by atoms with Crippen molar-refractivity contribution in [2.75, 3.05) is 13.1 Å². The number of aryl methyl sites for hydroxylation is 1. The number of hydrogen-bond acceptors (Lipinski definition) is 5. The molecule has 1 saturated heterocycles. The Morgan fingerprint density at radius 3 is 2.80 bits per heavy atom. The Hall–Kier alpha value is -1.14. The van der Waals surface area contributed by atoms with Gasteiger partial charge in [-0.15, -0.1) is 11.3 Å². The second-order valence-electron chi connectivity index (χ2n) is 6.27. The molecule has 1 aromatic heterocycles. The van der Waals surface area contributed by atoms with Crippen LogP contribution in [0.2, 0.25) is 0 Å². The normalized spacial score (nSPS) is 23.1. The van der Waals surface area contributed by atoms with Gasteiger partial charge in [0.25, 0.3) is 0 Å². The molecule has 2 unspecified atom stereocenters. The lowest BCUT2D eigenvalue weighted by Crippen LogP contribution is -2.35. The number of hydrogen-bond donors (Lipinski definition) is 1. The van der Waals surface area contributed by atoms with E-state index in [-0.39, 0.29) is 12.0 Å². The maximum Gasteiger partial charge on any atom is 0.410 e. The molecule has 6 heteroatoms. The molecular weight excluding hydrogens is 276 g/mol. The van der Waals surface area contributed by atoms with Crippen LogP contribution < -0.4 is 0 Å². The van der Waals surface area contributed by atoms with Crippen LogP contribution in [0.3, 0.4) is 0 Å². The standard InChI is InChI=1S/C14H22N2O3S/c1-9-15-11(8-20-9)5-10-6-16(7-12(10)17)13(18)19-14(2,3)4/h8,10,12,17H,5-7H2,1-4H3. The van der Waals surface area contributed by atoms with Crippen molar-refractivity contribution in [1.82, 2.24) is 9.88 Å². The van der Waals surface area contributed by atoms with E-state index in [2.05, 4.69) is 4.98 Å². The summed E-state index contributed by atoms with van der Waals surface area (Å²) in [5.41, 5.74) is 0.481. The van der Waals surface area contributed by atoms with Crippen molar-refractivity contribution in [1.29, 1.82) is 0 Å². The monoisotopic (exact) mass is 298 g/mol. The van der Waals surface area contributed by atoms with Gasteiger partial charge in [0.15, 0.2) is 0 Å². The summed E-state index contributed by atoms with van der Waals surface area (Å²) in [6.45, 7) is 8.34. The smallest absolute Gasteiger partial charge is 0.410 e. The highest BCUT2D eigenvalue weighted by atomic mass is 32.1. The summed E-state index contributed by atoms with van der Waals surface area (Å²) < 4.78 is 5.33. The number of nitrogens with zero attached hydrogens (tertiary/aromatic N) is 2. The molecule has 20 heavy (non-hydrogen) atoms. The van der Waals surface area contributed by atoms with Crippen LogP contribution in [0.1, 0.15) is 31.5 Å². The average Bonchev–Trinajstić information content (AvgIpc) is 2.85. The van der Waals surface area contributed by atoms with E-state index in [1.807, 2.05) is 33.1 Å². The first kappa shape index (κ1) is 15.3. The maximum atomic E-state index is 12.0. The highest BCUT2D eigenvalue weighted by Gasteiger charge is 2.36. The number of ether oxygens (including phenoxy) is 1. The third-order valence-electron chi connectivity index (χ3n) is 3.20. The molecule has 1 aromatic rings. The van der Waals surface area contributed by atoms with Gasteiger partial charge in [0.1, 0.15) is 5.60 Å². The molecule has 1 aliphatic rings. The molecule has 5 nitrogen and oxygen atoms in total. The first-order valence-electron chi connectivity index (χ1n) is 6.81. The van der Waals surface area contributed by atoms with Gasteiger partial charge in [0.05, 0.1) is 23.4 Å². The average molecular weight is 298 g/mol. The Kier molecular flexibility index (Phi) is 4.34. The van der Waals surface area contributed by atoms with Crippen LogP contribution in [0, 0.1) is 12.8 Å². The van der Waals surface area contributed by atoms with Crippen molar-refractivity contribution in [2.24, 2.45) is 5.92 Å². The van der Waals surface area contributed by atoms with Crippen molar-refractivity contribution in [3.8, 4) is 0 Å². The van der Waals surface area contributed by atoms with E-state index in [4.69, 9.17) is 4.74 Å². The number of thiazole rings is 1.